The predicted molar refractivity (Wildman–Crippen MR) is 112 cm³/mol. The van der Waals surface area contributed by atoms with E-state index in [-0.39, 0.29) is 5.91 Å². The van der Waals surface area contributed by atoms with Gasteiger partial charge in [0.05, 0.1) is 18.5 Å². The molecule has 0 saturated heterocycles. The van der Waals surface area contributed by atoms with Crippen molar-refractivity contribution in [2.24, 2.45) is 0 Å². The summed E-state index contributed by atoms with van der Waals surface area (Å²) in [6.07, 6.45) is 0. The fraction of sp³-hybridized carbons (Fsp3) is 0.286. The van der Waals surface area contributed by atoms with Crippen molar-refractivity contribution < 1.29 is 18.7 Å². The van der Waals surface area contributed by atoms with Gasteiger partial charge in [0.1, 0.15) is 11.5 Å². The van der Waals surface area contributed by atoms with Gasteiger partial charge in [0.25, 0.3) is 5.22 Å². The van der Waals surface area contributed by atoms with Gasteiger partial charge in [-0.05, 0) is 69.3 Å². The van der Waals surface area contributed by atoms with E-state index < -0.39 is 5.25 Å². The van der Waals surface area contributed by atoms with E-state index in [2.05, 4.69) is 15.5 Å². The molecule has 0 bridgehead atoms. The molecule has 1 heterocycles. The van der Waals surface area contributed by atoms with E-state index in [1.807, 2.05) is 50.2 Å². The first kappa shape index (κ1) is 20.7. The van der Waals surface area contributed by atoms with Crippen molar-refractivity contribution in [3.8, 4) is 23.0 Å². The molecule has 8 heteroatoms. The SMILES string of the molecule is CCOc1ccc(NC(=O)[C@H](C)Sc2nnc(-c3ccc(OCC)cc3)o2)cc1. The molecule has 2 aromatic carbocycles. The van der Waals surface area contributed by atoms with Gasteiger partial charge >= 0.3 is 0 Å². The number of hydrogen-bond acceptors (Lipinski definition) is 7. The molecule has 0 radical (unpaired) electrons. The number of carbonyl (C=O) groups is 1. The zero-order valence-electron chi connectivity index (χ0n) is 16.5. The quantitative estimate of drug-likeness (QED) is 0.511. The molecular formula is C21H23N3O4S. The molecule has 1 atom stereocenters. The van der Waals surface area contributed by atoms with Crippen molar-refractivity contribution >= 4 is 23.4 Å². The lowest BCUT2D eigenvalue weighted by Gasteiger charge is -2.10. The highest BCUT2D eigenvalue weighted by Crippen LogP contribution is 2.28. The minimum absolute atomic E-state index is 0.153. The third-order valence-corrected chi connectivity index (χ3v) is 4.83. The molecule has 152 valence electrons. The molecule has 1 amide bonds. The van der Waals surface area contributed by atoms with Gasteiger partial charge in [-0.3, -0.25) is 4.79 Å². The molecule has 29 heavy (non-hydrogen) atoms. The van der Waals surface area contributed by atoms with Crippen LogP contribution in [0.1, 0.15) is 20.8 Å². The normalized spacial score (nSPS) is 11.7. The Labute approximate surface area is 173 Å². The molecule has 0 saturated carbocycles. The number of anilines is 1. The van der Waals surface area contributed by atoms with Crippen LogP contribution in [0.3, 0.4) is 0 Å². The Bertz CT molecular complexity index is 926. The van der Waals surface area contributed by atoms with E-state index in [4.69, 9.17) is 13.9 Å². The largest absolute Gasteiger partial charge is 0.494 e. The lowest BCUT2D eigenvalue weighted by molar-refractivity contribution is -0.115. The molecule has 3 rings (SSSR count). The fourth-order valence-corrected chi connectivity index (χ4v) is 3.17. The maximum Gasteiger partial charge on any atom is 0.277 e. The van der Waals surface area contributed by atoms with Crippen LogP contribution in [-0.2, 0) is 4.79 Å². The molecule has 7 nitrogen and oxygen atoms in total. The summed E-state index contributed by atoms with van der Waals surface area (Å²) < 4.78 is 16.5. The third kappa shape index (κ3) is 5.74. The number of nitrogens with zero attached hydrogens (tertiary/aromatic N) is 2. The van der Waals surface area contributed by atoms with Crippen LogP contribution < -0.4 is 14.8 Å². The van der Waals surface area contributed by atoms with Crippen LogP contribution in [0.5, 0.6) is 11.5 Å². The van der Waals surface area contributed by atoms with Crippen LogP contribution in [0.15, 0.2) is 58.2 Å². The highest BCUT2D eigenvalue weighted by molar-refractivity contribution is 8.00. The van der Waals surface area contributed by atoms with Crippen molar-refractivity contribution in [3.05, 3.63) is 48.5 Å². The minimum atomic E-state index is -0.407. The Morgan fingerprint density at radius 1 is 1.00 bits per heavy atom. The molecule has 0 aliphatic carbocycles. The number of ether oxygens (including phenoxy) is 2. The van der Waals surface area contributed by atoms with Crippen molar-refractivity contribution in [2.45, 2.75) is 31.2 Å². The molecule has 0 spiro atoms. The van der Waals surface area contributed by atoms with Crippen LogP contribution in [0.4, 0.5) is 5.69 Å². The Morgan fingerprint density at radius 2 is 1.59 bits per heavy atom. The first-order valence-electron chi connectivity index (χ1n) is 9.36. The second-order valence-corrected chi connectivity index (χ2v) is 7.33. The number of hydrogen-bond donors (Lipinski definition) is 1. The highest BCUT2D eigenvalue weighted by atomic mass is 32.2. The lowest BCUT2D eigenvalue weighted by atomic mass is 10.2. The van der Waals surface area contributed by atoms with Crippen LogP contribution in [0.2, 0.25) is 0 Å². The second kappa shape index (κ2) is 9.97. The van der Waals surface area contributed by atoms with Gasteiger partial charge in [-0.1, -0.05) is 11.8 Å². The maximum absolute atomic E-state index is 12.4. The molecular weight excluding hydrogens is 390 g/mol. The minimum Gasteiger partial charge on any atom is -0.494 e. The van der Waals surface area contributed by atoms with E-state index in [1.165, 1.54) is 11.8 Å². The fourth-order valence-electron chi connectivity index (χ4n) is 2.48. The average Bonchev–Trinajstić information content (AvgIpc) is 3.19. The first-order valence-corrected chi connectivity index (χ1v) is 10.2. The van der Waals surface area contributed by atoms with Gasteiger partial charge in [-0.25, -0.2) is 0 Å². The number of amides is 1. The zero-order valence-corrected chi connectivity index (χ0v) is 17.4. The van der Waals surface area contributed by atoms with E-state index >= 15 is 0 Å². The summed E-state index contributed by atoms with van der Waals surface area (Å²) in [4.78, 5) is 12.4. The van der Waals surface area contributed by atoms with Crippen molar-refractivity contribution in [3.63, 3.8) is 0 Å². The van der Waals surface area contributed by atoms with Crippen LogP contribution in [0.25, 0.3) is 11.5 Å². The Kier molecular flexibility index (Phi) is 7.13. The van der Waals surface area contributed by atoms with Gasteiger partial charge in [0, 0.05) is 11.3 Å². The standard InChI is InChI=1S/C21H23N3O4S/c1-4-26-17-10-6-15(7-11-17)20-23-24-21(28-20)29-14(3)19(25)22-16-8-12-18(13-9-16)27-5-2/h6-14H,4-5H2,1-3H3,(H,22,25)/t14-/m0/s1. The monoisotopic (exact) mass is 413 g/mol. The third-order valence-electron chi connectivity index (χ3n) is 3.90. The average molecular weight is 413 g/mol. The van der Waals surface area contributed by atoms with E-state index in [1.54, 1.807) is 19.1 Å². The summed E-state index contributed by atoms with van der Waals surface area (Å²) >= 11 is 1.21. The zero-order chi connectivity index (χ0) is 20.6. The Balaban J connectivity index is 1.57. The van der Waals surface area contributed by atoms with Crippen molar-refractivity contribution in [2.75, 3.05) is 18.5 Å². The summed E-state index contributed by atoms with van der Waals surface area (Å²) in [5, 5.41) is 10.9. The number of aromatic nitrogens is 2. The number of carbonyl (C=O) groups excluding carboxylic acids is 1. The summed E-state index contributed by atoms with van der Waals surface area (Å²) in [5.41, 5.74) is 1.49. The predicted octanol–water partition coefficient (Wildman–Crippen LogP) is 4.65. The van der Waals surface area contributed by atoms with E-state index in [0.717, 1.165) is 17.1 Å². The summed E-state index contributed by atoms with van der Waals surface area (Å²) in [7, 11) is 0. The molecule has 0 aliphatic heterocycles. The van der Waals surface area contributed by atoms with Gasteiger partial charge in [-0.2, -0.15) is 0 Å². The summed E-state index contributed by atoms with van der Waals surface area (Å²) in [6.45, 7) is 6.85. The number of nitrogens with one attached hydrogen (secondary N) is 1. The van der Waals surface area contributed by atoms with Gasteiger partial charge in [0.15, 0.2) is 0 Å². The number of thioether (sulfide) groups is 1. The second-order valence-electron chi connectivity index (χ2n) is 6.04. The van der Waals surface area contributed by atoms with Crippen LogP contribution >= 0.6 is 11.8 Å². The smallest absolute Gasteiger partial charge is 0.277 e. The number of rotatable bonds is 9. The van der Waals surface area contributed by atoms with E-state index in [9.17, 15) is 4.79 Å². The van der Waals surface area contributed by atoms with Gasteiger partial charge in [0.2, 0.25) is 11.8 Å². The molecule has 0 unspecified atom stereocenters. The molecule has 3 aromatic rings. The van der Waals surface area contributed by atoms with Crippen molar-refractivity contribution in [1.29, 1.82) is 0 Å². The topological polar surface area (TPSA) is 86.5 Å². The van der Waals surface area contributed by atoms with Crippen LogP contribution in [-0.4, -0.2) is 34.6 Å². The van der Waals surface area contributed by atoms with Crippen LogP contribution in [0, 0.1) is 0 Å². The molecule has 0 fully saturated rings. The van der Waals surface area contributed by atoms with Crippen molar-refractivity contribution in [1.82, 2.24) is 10.2 Å². The highest BCUT2D eigenvalue weighted by Gasteiger charge is 2.19. The molecule has 1 N–H and O–H groups in total. The summed E-state index contributed by atoms with van der Waals surface area (Å²) in [6, 6.07) is 14.7. The van der Waals surface area contributed by atoms with Gasteiger partial charge < -0.3 is 19.2 Å². The van der Waals surface area contributed by atoms with Gasteiger partial charge in [-0.15, -0.1) is 10.2 Å². The van der Waals surface area contributed by atoms with E-state index in [0.29, 0.717) is 30.0 Å². The Morgan fingerprint density at radius 3 is 2.17 bits per heavy atom. The first-order chi connectivity index (χ1) is 14.1. The molecule has 1 aromatic heterocycles. The Hall–Kier alpha value is -3.00. The summed E-state index contributed by atoms with van der Waals surface area (Å²) in [5.74, 6) is 1.79. The maximum atomic E-state index is 12.4. The number of benzene rings is 2. The lowest BCUT2D eigenvalue weighted by Crippen LogP contribution is -2.22. The molecule has 0 aliphatic rings.